The van der Waals surface area contributed by atoms with Gasteiger partial charge in [0.1, 0.15) is 5.78 Å². The van der Waals surface area contributed by atoms with Crippen molar-refractivity contribution in [3.8, 4) is 0 Å². The highest BCUT2D eigenvalue weighted by Gasteiger charge is 2.20. The fourth-order valence-corrected chi connectivity index (χ4v) is 2.39. The van der Waals surface area contributed by atoms with E-state index in [0.29, 0.717) is 19.3 Å². The third-order valence-electron chi connectivity index (χ3n) is 3.73. The smallest absolute Gasteiger partial charge is 0.163 e. The highest BCUT2D eigenvalue weighted by molar-refractivity contribution is 6.08. The normalized spacial score (nSPS) is 11.6. The summed E-state index contributed by atoms with van der Waals surface area (Å²) in [5, 5.41) is 2.07. The van der Waals surface area contributed by atoms with Crippen LogP contribution in [0.25, 0.3) is 10.8 Å². The van der Waals surface area contributed by atoms with Gasteiger partial charge in [-0.05, 0) is 17.2 Å². The van der Waals surface area contributed by atoms with Crippen molar-refractivity contribution in [1.82, 2.24) is 0 Å². The van der Waals surface area contributed by atoms with Crippen molar-refractivity contribution in [2.75, 3.05) is 0 Å². The van der Waals surface area contributed by atoms with Crippen molar-refractivity contribution in [2.45, 2.75) is 40.0 Å². The number of hydrogen-bond donors (Lipinski definition) is 0. The van der Waals surface area contributed by atoms with E-state index >= 15 is 0 Å². The molecule has 0 amide bonds. The molecule has 2 nitrogen and oxygen atoms in total. The van der Waals surface area contributed by atoms with Gasteiger partial charge in [0.2, 0.25) is 0 Å². The third kappa shape index (κ3) is 3.78. The Hall–Kier alpha value is -1.96. The van der Waals surface area contributed by atoms with Crippen LogP contribution in [0.4, 0.5) is 0 Å². The van der Waals surface area contributed by atoms with Gasteiger partial charge < -0.3 is 0 Å². The summed E-state index contributed by atoms with van der Waals surface area (Å²) in [5.41, 5.74) is 0.443. The molecule has 21 heavy (non-hydrogen) atoms. The maximum Gasteiger partial charge on any atom is 0.163 e. The summed E-state index contributed by atoms with van der Waals surface area (Å²) < 4.78 is 0. The predicted octanol–water partition coefficient (Wildman–Crippen LogP) is 4.81. The molecule has 2 aromatic carbocycles. The molecule has 2 aromatic rings. The van der Waals surface area contributed by atoms with Crippen LogP contribution in [0.1, 0.15) is 50.4 Å². The molecular weight excluding hydrogens is 260 g/mol. The van der Waals surface area contributed by atoms with E-state index < -0.39 is 0 Å². The van der Waals surface area contributed by atoms with Crippen LogP contribution < -0.4 is 0 Å². The second kappa shape index (κ2) is 6.21. The summed E-state index contributed by atoms with van der Waals surface area (Å²) in [6.45, 7) is 5.76. The average Bonchev–Trinajstić information content (AvgIpc) is 2.45. The summed E-state index contributed by atoms with van der Waals surface area (Å²) in [6, 6.07) is 13.7. The molecule has 0 aromatic heterocycles. The Kier molecular flexibility index (Phi) is 4.56. The van der Waals surface area contributed by atoms with E-state index in [0.717, 1.165) is 16.3 Å². The zero-order valence-electron chi connectivity index (χ0n) is 13.0. The molecule has 0 radical (unpaired) electrons. The lowest BCUT2D eigenvalue weighted by atomic mass is 9.87. The standard InChI is InChI=1S/C19H22O2/c1-19(2,3)18(21)13-7-12-17(20)16-11-6-9-14-8-4-5-10-15(14)16/h4-6,8-11H,7,12-13H2,1-3H3. The minimum atomic E-state index is -0.317. The largest absolute Gasteiger partial charge is 0.299 e. The Bertz CT molecular complexity index is 657. The number of Topliss-reactive ketones (excluding diaryl/α,β-unsaturated/α-hetero) is 2. The van der Waals surface area contributed by atoms with Crippen molar-refractivity contribution in [1.29, 1.82) is 0 Å². The van der Waals surface area contributed by atoms with Gasteiger partial charge >= 0.3 is 0 Å². The SMILES string of the molecule is CC(C)(C)C(=O)CCCC(=O)c1cccc2ccccc12. The van der Waals surface area contributed by atoms with E-state index in [9.17, 15) is 9.59 Å². The Labute approximate surface area is 126 Å². The first-order chi connectivity index (χ1) is 9.89. The molecule has 0 fully saturated rings. The first-order valence-electron chi connectivity index (χ1n) is 7.44. The second-order valence-corrected chi connectivity index (χ2v) is 6.48. The monoisotopic (exact) mass is 282 g/mol. The maximum absolute atomic E-state index is 12.4. The highest BCUT2D eigenvalue weighted by atomic mass is 16.1. The Morgan fingerprint density at radius 3 is 2.29 bits per heavy atom. The molecule has 0 saturated heterocycles. The first kappa shape index (κ1) is 15.4. The molecule has 0 spiro atoms. The molecule has 0 bridgehead atoms. The minimum absolute atomic E-state index is 0.119. The van der Waals surface area contributed by atoms with E-state index in [1.807, 2.05) is 63.2 Å². The van der Waals surface area contributed by atoms with Crippen molar-refractivity contribution in [2.24, 2.45) is 5.41 Å². The van der Waals surface area contributed by atoms with Crippen LogP contribution in [0.15, 0.2) is 42.5 Å². The van der Waals surface area contributed by atoms with Crippen LogP contribution in [-0.4, -0.2) is 11.6 Å². The molecule has 0 aliphatic heterocycles. The Balaban J connectivity index is 2.05. The summed E-state index contributed by atoms with van der Waals surface area (Å²) in [6.07, 6.45) is 1.52. The highest BCUT2D eigenvalue weighted by Crippen LogP contribution is 2.22. The molecule has 0 N–H and O–H groups in total. The van der Waals surface area contributed by atoms with Crippen LogP contribution in [0.3, 0.4) is 0 Å². The molecule has 110 valence electrons. The molecule has 0 saturated carbocycles. The lowest BCUT2D eigenvalue weighted by Crippen LogP contribution is -2.19. The number of hydrogen-bond acceptors (Lipinski definition) is 2. The molecule has 0 unspecified atom stereocenters. The summed E-state index contributed by atoms with van der Waals surface area (Å²) in [5.74, 6) is 0.335. The minimum Gasteiger partial charge on any atom is -0.299 e. The topological polar surface area (TPSA) is 34.1 Å². The van der Waals surface area contributed by atoms with E-state index in [1.165, 1.54) is 0 Å². The number of rotatable bonds is 5. The average molecular weight is 282 g/mol. The van der Waals surface area contributed by atoms with Crippen molar-refractivity contribution in [3.05, 3.63) is 48.0 Å². The lowest BCUT2D eigenvalue weighted by Gasteiger charge is -2.16. The van der Waals surface area contributed by atoms with Crippen LogP contribution in [0.2, 0.25) is 0 Å². The Morgan fingerprint density at radius 2 is 1.57 bits per heavy atom. The second-order valence-electron chi connectivity index (χ2n) is 6.48. The predicted molar refractivity (Wildman–Crippen MR) is 86.6 cm³/mol. The summed E-state index contributed by atoms with van der Waals surface area (Å²) >= 11 is 0. The third-order valence-corrected chi connectivity index (χ3v) is 3.73. The van der Waals surface area contributed by atoms with Crippen molar-refractivity contribution in [3.63, 3.8) is 0 Å². The number of ketones is 2. The van der Waals surface area contributed by atoms with Gasteiger partial charge in [-0.3, -0.25) is 9.59 Å². The molecule has 0 aliphatic carbocycles. The number of carbonyl (C=O) groups is 2. The van der Waals surface area contributed by atoms with Gasteiger partial charge in [-0.25, -0.2) is 0 Å². The van der Waals surface area contributed by atoms with Crippen LogP contribution in [-0.2, 0) is 4.79 Å². The molecule has 2 heteroatoms. The van der Waals surface area contributed by atoms with Crippen molar-refractivity contribution >= 4 is 22.3 Å². The fourth-order valence-electron chi connectivity index (χ4n) is 2.39. The molecule has 2 rings (SSSR count). The van der Waals surface area contributed by atoms with Crippen LogP contribution in [0, 0.1) is 5.41 Å². The molecule has 0 atom stereocenters. The number of carbonyl (C=O) groups excluding carboxylic acids is 2. The fraction of sp³-hybridized carbons (Fsp3) is 0.368. The van der Waals surface area contributed by atoms with Crippen LogP contribution in [0.5, 0.6) is 0 Å². The van der Waals surface area contributed by atoms with E-state index in [2.05, 4.69) is 0 Å². The van der Waals surface area contributed by atoms with Gasteiger partial charge in [-0.1, -0.05) is 63.2 Å². The van der Waals surface area contributed by atoms with Gasteiger partial charge in [0.25, 0.3) is 0 Å². The summed E-state index contributed by atoms with van der Waals surface area (Å²) in [7, 11) is 0. The molecular formula is C19H22O2. The van der Waals surface area contributed by atoms with E-state index in [4.69, 9.17) is 0 Å². The van der Waals surface area contributed by atoms with Gasteiger partial charge in [0, 0.05) is 23.8 Å². The van der Waals surface area contributed by atoms with Gasteiger partial charge in [-0.2, -0.15) is 0 Å². The summed E-state index contributed by atoms with van der Waals surface area (Å²) in [4.78, 5) is 24.3. The lowest BCUT2D eigenvalue weighted by molar-refractivity contribution is -0.126. The zero-order valence-corrected chi connectivity index (χ0v) is 13.0. The van der Waals surface area contributed by atoms with Gasteiger partial charge in [0.05, 0.1) is 0 Å². The first-order valence-corrected chi connectivity index (χ1v) is 7.44. The number of fused-ring (bicyclic) bond motifs is 1. The van der Waals surface area contributed by atoms with E-state index in [1.54, 1.807) is 0 Å². The van der Waals surface area contributed by atoms with Gasteiger partial charge in [0.15, 0.2) is 5.78 Å². The van der Waals surface area contributed by atoms with Gasteiger partial charge in [-0.15, -0.1) is 0 Å². The van der Waals surface area contributed by atoms with Crippen molar-refractivity contribution < 1.29 is 9.59 Å². The van der Waals surface area contributed by atoms with E-state index in [-0.39, 0.29) is 17.0 Å². The number of benzene rings is 2. The molecule has 0 heterocycles. The zero-order chi connectivity index (χ0) is 15.5. The molecule has 0 aliphatic rings. The Morgan fingerprint density at radius 1 is 0.905 bits per heavy atom. The quantitative estimate of drug-likeness (QED) is 0.738. The maximum atomic E-state index is 12.4. The van der Waals surface area contributed by atoms with Crippen LogP contribution >= 0.6 is 0 Å².